The Hall–Kier alpha value is -3.33. The average Bonchev–Trinajstić information content (AvgIpc) is 2.77. The molecule has 0 aliphatic rings. The Kier molecular flexibility index (Phi) is 7.99. The minimum Gasteiger partial charge on any atom is -0.497 e. The van der Waals surface area contributed by atoms with E-state index in [1.54, 1.807) is 36.4 Å². The van der Waals surface area contributed by atoms with Gasteiger partial charge >= 0.3 is 0 Å². The van der Waals surface area contributed by atoms with Crippen LogP contribution >= 0.6 is 11.8 Å². The number of ether oxygens (including phenoxy) is 4. The number of hydrogen-bond acceptors (Lipinski definition) is 8. The highest BCUT2D eigenvalue weighted by atomic mass is 35.5. The molecule has 0 spiro atoms. The maximum absolute atomic E-state index is 13.0. The molecule has 0 saturated heterocycles. The maximum Gasteiger partial charge on any atom is 0.276 e. The van der Waals surface area contributed by atoms with Gasteiger partial charge in [0.15, 0.2) is 5.78 Å². The van der Waals surface area contributed by atoms with Gasteiger partial charge in [0.1, 0.15) is 34.4 Å². The van der Waals surface area contributed by atoms with E-state index in [9.17, 15) is 9.59 Å². The van der Waals surface area contributed by atoms with Crippen LogP contribution in [0.3, 0.4) is 0 Å². The van der Waals surface area contributed by atoms with Crippen LogP contribution in [0.15, 0.2) is 46.6 Å². The zero-order valence-electron chi connectivity index (χ0n) is 17.2. The molecule has 0 fully saturated rings. The molecule has 0 heterocycles. The van der Waals surface area contributed by atoms with Gasteiger partial charge in [0.2, 0.25) is 6.04 Å². The monoisotopic (exact) mass is 435 g/mol. The van der Waals surface area contributed by atoms with Crippen LogP contribution in [0.1, 0.15) is 6.92 Å². The number of rotatable bonds is 9. The number of nitrogens with zero attached hydrogens (tertiary/aromatic N) is 3. The SMILES string of the molecule is COc1ccc(N=NC(C(C)=O)C(=O)N(Cl)c2c(OC)cccc2OC)c(OC)c1. The van der Waals surface area contributed by atoms with E-state index in [1.165, 1.54) is 35.4 Å². The van der Waals surface area contributed by atoms with Crippen LogP contribution in [0.4, 0.5) is 11.4 Å². The second kappa shape index (κ2) is 10.4. The van der Waals surface area contributed by atoms with Gasteiger partial charge < -0.3 is 18.9 Å². The summed E-state index contributed by atoms with van der Waals surface area (Å²) in [5.41, 5.74) is 0.464. The molecule has 30 heavy (non-hydrogen) atoms. The van der Waals surface area contributed by atoms with Gasteiger partial charge in [-0.2, -0.15) is 10.2 Å². The Balaban J connectivity index is 2.39. The molecule has 0 N–H and O–H groups in total. The summed E-state index contributed by atoms with van der Waals surface area (Å²) in [4.78, 5) is 25.1. The highest BCUT2D eigenvalue weighted by Gasteiger charge is 2.32. The van der Waals surface area contributed by atoms with Crippen LogP contribution in [0, 0.1) is 0 Å². The number of methoxy groups -OCH3 is 4. The van der Waals surface area contributed by atoms with Crippen molar-refractivity contribution in [3.05, 3.63) is 36.4 Å². The number of carbonyl (C=O) groups is 2. The lowest BCUT2D eigenvalue weighted by Gasteiger charge is -2.21. The molecule has 1 unspecified atom stereocenters. The minimum atomic E-state index is -1.48. The molecular formula is C20H22ClN3O6. The maximum atomic E-state index is 13.0. The number of azo groups is 1. The second-order valence-electron chi connectivity index (χ2n) is 5.90. The largest absolute Gasteiger partial charge is 0.497 e. The molecule has 9 nitrogen and oxygen atoms in total. The van der Waals surface area contributed by atoms with Crippen molar-refractivity contribution in [2.75, 3.05) is 32.9 Å². The van der Waals surface area contributed by atoms with Crippen molar-refractivity contribution in [3.63, 3.8) is 0 Å². The van der Waals surface area contributed by atoms with Gasteiger partial charge in [0.25, 0.3) is 5.91 Å². The molecule has 0 aromatic heterocycles. The number of Topliss-reactive ketones (excluding diaryl/α,β-unsaturated/α-hetero) is 1. The normalized spacial score (nSPS) is 11.7. The van der Waals surface area contributed by atoms with Crippen molar-refractivity contribution < 1.29 is 28.5 Å². The van der Waals surface area contributed by atoms with E-state index < -0.39 is 17.7 Å². The summed E-state index contributed by atoms with van der Waals surface area (Å²) >= 11 is 6.27. The van der Waals surface area contributed by atoms with Crippen molar-refractivity contribution in [2.24, 2.45) is 10.2 Å². The van der Waals surface area contributed by atoms with Gasteiger partial charge in [0.05, 0.1) is 28.4 Å². The number of anilines is 1. The van der Waals surface area contributed by atoms with Crippen LogP contribution < -0.4 is 23.4 Å². The Morgan fingerprint density at radius 2 is 1.53 bits per heavy atom. The predicted octanol–water partition coefficient (Wildman–Crippen LogP) is 3.95. The van der Waals surface area contributed by atoms with E-state index in [0.717, 1.165) is 4.42 Å². The number of halogens is 1. The molecule has 2 rings (SSSR count). The number of carbonyl (C=O) groups excluding carboxylic acids is 2. The van der Waals surface area contributed by atoms with Gasteiger partial charge in [-0.15, -0.1) is 0 Å². The van der Waals surface area contributed by atoms with E-state index in [2.05, 4.69) is 10.2 Å². The summed E-state index contributed by atoms with van der Waals surface area (Å²) in [6, 6.07) is 8.24. The molecule has 1 atom stereocenters. The summed E-state index contributed by atoms with van der Waals surface area (Å²) < 4.78 is 21.6. The fourth-order valence-corrected chi connectivity index (χ4v) is 2.79. The van der Waals surface area contributed by atoms with Crippen LogP contribution in [0.2, 0.25) is 0 Å². The van der Waals surface area contributed by atoms with E-state index in [4.69, 9.17) is 30.7 Å². The van der Waals surface area contributed by atoms with Gasteiger partial charge in [0, 0.05) is 17.8 Å². The Bertz CT molecular complexity index is 928. The summed E-state index contributed by atoms with van der Waals surface area (Å²) in [5.74, 6) is 0.128. The number of hydrogen-bond donors (Lipinski definition) is 0. The lowest BCUT2D eigenvalue weighted by Crippen LogP contribution is -2.36. The zero-order valence-corrected chi connectivity index (χ0v) is 18.0. The molecule has 0 radical (unpaired) electrons. The molecule has 1 amide bonds. The number of amides is 1. The van der Waals surface area contributed by atoms with Crippen molar-refractivity contribution in [1.82, 2.24) is 0 Å². The van der Waals surface area contributed by atoms with E-state index >= 15 is 0 Å². The smallest absolute Gasteiger partial charge is 0.276 e. The molecule has 0 aliphatic heterocycles. The number of ketones is 1. The van der Waals surface area contributed by atoms with Crippen molar-refractivity contribution >= 4 is 34.8 Å². The predicted molar refractivity (Wildman–Crippen MR) is 111 cm³/mol. The minimum absolute atomic E-state index is 0.151. The fourth-order valence-electron chi connectivity index (χ4n) is 2.53. The van der Waals surface area contributed by atoms with Crippen molar-refractivity contribution in [2.45, 2.75) is 13.0 Å². The Morgan fingerprint density at radius 3 is 2.03 bits per heavy atom. The van der Waals surface area contributed by atoms with Gasteiger partial charge in [-0.25, -0.2) is 4.42 Å². The van der Waals surface area contributed by atoms with E-state index in [1.807, 2.05) is 0 Å². The van der Waals surface area contributed by atoms with E-state index in [0.29, 0.717) is 17.2 Å². The lowest BCUT2D eigenvalue weighted by atomic mass is 10.2. The number of para-hydroxylation sites is 1. The van der Waals surface area contributed by atoms with Crippen molar-refractivity contribution in [3.8, 4) is 23.0 Å². The molecular weight excluding hydrogens is 414 g/mol. The average molecular weight is 436 g/mol. The Morgan fingerprint density at radius 1 is 0.933 bits per heavy atom. The molecule has 160 valence electrons. The zero-order chi connectivity index (χ0) is 22.3. The first-order chi connectivity index (χ1) is 14.4. The lowest BCUT2D eigenvalue weighted by molar-refractivity contribution is -0.126. The van der Waals surface area contributed by atoms with Crippen LogP contribution in [-0.4, -0.2) is 46.2 Å². The first-order valence-corrected chi connectivity index (χ1v) is 9.05. The molecule has 2 aromatic rings. The second-order valence-corrected chi connectivity index (χ2v) is 6.23. The third-order valence-corrected chi connectivity index (χ3v) is 4.41. The van der Waals surface area contributed by atoms with Crippen molar-refractivity contribution in [1.29, 1.82) is 0 Å². The molecule has 0 bridgehead atoms. The van der Waals surface area contributed by atoms with Crippen LogP contribution in [0.25, 0.3) is 0 Å². The quantitative estimate of drug-likeness (QED) is 0.336. The van der Waals surface area contributed by atoms with E-state index in [-0.39, 0.29) is 17.2 Å². The van der Waals surface area contributed by atoms with Gasteiger partial charge in [-0.1, -0.05) is 6.07 Å². The van der Waals surface area contributed by atoms with Gasteiger partial charge in [-0.05, 0) is 31.2 Å². The molecule has 2 aromatic carbocycles. The molecule has 0 saturated carbocycles. The molecule has 0 aliphatic carbocycles. The summed E-state index contributed by atoms with van der Waals surface area (Å²) in [7, 11) is 5.81. The third kappa shape index (κ3) is 4.98. The Labute approximate surface area is 179 Å². The standard InChI is InChI=1S/C20H22ClN3O6/c1-12(25)18(23-22-14-10-9-13(27-2)11-17(14)30-5)20(26)24(21)19-15(28-3)7-6-8-16(19)29-4/h6-11,18H,1-5H3. The number of benzene rings is 2. The summed E-state index contributed by atoms with van der Waals surface area (Å²) in [5, 5.41) is 7.92. The highest BCUT2D eigenvalue weighted by molar-refractivity contribution is 6.39. The van der Waals surface area contributed by atoms with Crippen LogP contribution in [0.5, 0.6) is 23.0 Å². The topological polar surface area (TPSA) is 99.0 Å². The first kappa shape index (κ1) is 23.0. The summed E-state index contributed by atoms with van der Waals surface area (Å²) in [6.07, 6.45) is 0. The third-order valence-electron chi connectivity index (χ3n) is 4.08. The highest BCUT2D eigenvalue weighted by Crippen LogP contribution is 2.39. The molecule has 10 heteroatoms. The summed E-state index contributed by atoms with van der Waals surface area (Å²) in [6.45, 7) is 1.22. The van der Waals surface area contributed by atoms with Gasteiger partial charge in [-0.3, -0.25) is 9.59 Å². The first-order valence-electron chi connectivity index (χ1n) is 8.72. The van der Waals surface area contributed by atoms with Crippen LogP contribution in [-0.2, 0) is 9.59 Å². The fraction of sp³-hybridized carbons (Fsp3) is 0.300.